The van der Waals surface area contributed by atoms with Crippen LogP contribution in [0.1, 0.15) is 59.4 Å². The molecule has 2 N–H and O–H groups in total. The monoisotopic (exact) mass is 758 g/mol. The zero-order valence-electron chi connectivity index (χ0n) is 32.4. The number of fused-ring (bicyclic) bond motifs is 4. The molecule has 0 aliphatic carbocycles. The third kappa shape index (κ3) is 6.42. The van der Waals surface area contributed by atoms with Gasteiger partial charge in [-0.2, -0.15) is 0 Å². The standard InChI is InChI=1S/C46H46O10/c1-25-43(47)41-33(23-53-25)45(55-21-27-13-9-7-10-14-27)37-31(17-29(49-3)19-35(37)51-5)39(41)40-32-18-30(50-4)20-36(52-6)38(32)46(56-22-28-15-11-8-12-16-28)34-24-54-26(2)44(48)42(34)40/h7-20,25-26,43-44,47-48H,21-24H2,1-6H3/t25-,26-,43+,44+/m0/s1. The van der Waals surface area contributed by atoms with Gasteiger partial charge in [0.2, 0.25) is 0 Å². The quantitative estimate of drug-likeness (QED) is 0.133. The first-order chi connectivity index (χ1) is 27.3. The Balaban J connectivity index is 1.55. The van der Waals surface area contributed by atoms with E-state index < -0.39 is 24.4 Å². The van der Waals surface area contributed by atoms with Gasteiger partial charge in [-0.05, 0) is 48.2 Å². The van der Waals surface area contributed by atoms with Gasteiger partial charge in [-0.25, -0.2) is 0 Å². The highest BCUT2D eigenvalue weighted by atomic mass is 16.5. The predicted octanol–water partition coefficient (Wildman–Crippen LogP) is 8.76. The molecule has 4 atom stereocenters. The van der Waals surface area contributed by atoms with Crippen LogP contribution in [-0.4, -0.2) is 50.9 Å². The Labute approximate surface area is 326 Å². The van der Waals surface area contributed by atoms with E-state index in [1.807, 2.05) is 98.8 Å². The van der Waals surface area contributed by atoms with Crippen molar-refractivity contribution in [3.05, 3.63) is 118 Å². The van der Waals surface area contributed by atoms with Crippen LogP contribution in [0.4, 0.5) is 0 Å². The second kappa shape index (κ2) is 15.5. The Morgan fingerprint density at radius 1 is 0.554 bits per heavy atom. The first-order valence-electron chi connectivity index (χ1n) is 18.7. The van der Waals surface area contributed by atoms with Crippen LogP contribution in [0, 0.1) is 0 Å². The Kier molecular flexibility index (Phi) is 10.4. The van der Waals surface area contributed by atoms with Gasteiger partial charge in [-0.3, -0.25) is 0 Å². The molecule has 290 valence electrons. The van der Waals surface area contributed by atoms with E-state index in [2.05, 4.69) is 0 Å². The van der Waals surface area contributed by atoms with Crippen LogP contribution < -0.4 is 28.4 Å². The first-order valence-corrected chi connectivity index (χ1v) is 18.7. The molecule has 8 rings (SSSR count). The molecule has 6 aromatic carbocycles. The van der Waals surface area contributed by atoms with Gasteiger partial charge in [0.25, 0.3) is 0 Å². The summed E-state index contributed by atoms with van der Waals surface area (Å²) in [6, 6.07) is 27.3. The number of aliphatic hydroxyl groups is 2. The zero-order valence-corrected chi connectivity index (χ0v) is 32.4. The van der Waals surface area contributed by atoms with Gasteiger partial charge in [0, 0.05) is 45.2 Å². The topological polar surface area (TPSA) is 114 Å². The normalized spacial score (nSPS) is 18.9. The molecule has 6 aromatic rings. The average molecular weight is 759 g/mol. The van der Waals surface area contributed by atoms with E-state index in [-0.39, 0.29) is 26.4 Å². The molecule has 2 heterocycles. The average Bonchev–Trinajstić information content (AvgIpc) is 3.23. The maximum Gasteiger partial charge on any atom is 0.137 e. The second-order valence-corrected chi connectivity index (χ2v) is 14.2. The van der Waals surface area contributed by atoms with Crippen LogP contribution in [-0.2, 0) is 35.9 Å². The highest BCUT2D eigenvalue weighted by Crippen LogP contribution is 2.57. The van der Waals surface area contributed by atoms with Crippen molar-refractivity contribution < 1.29 is 48.1 Å². The molecule has 0 spiro atoms. The van der Waals surface area contributed by atoms with Gasteiger partial charge in [-0.15, -0.1) is 0 Å². The summed E-state index contributed by atoms with van der Waals surface area (Å²) in [4.78, 5) is 0. The predicted molar refractivity (Wildman–Crippen MR) is 213 cm³/mol. The number of hydrogen-bond acceptors (Lipinski definition) is 10. The number of ether oxygens (including phenoxy) is 8. The van der Waals surface area contributed by atoms with Gasteiger partial charge >= 0.3 is 0 Å². The van der Waals surface area contributed by atoms with Crippen LogP contribution >= 0.6 is 0 Å². The Hall–Kier alpha value is -5.52. The van der Waals surface area contributed by atoms with Crippen molar-refractivity contribution in [3.63, 3.8) is 0 Å². The van der Waals surface area contributed by atoms with E-state index in [4.69, 9.17) is 37.9 Å². The van der Waals surface area contributed by atoms with Crippen LogP contribution in [0.3, 0.4) is 0 Å². The molecule has 56 heavy (non-hydrogen) atoms. The fraction of sp³-hybridized carbons (Fsp3) is 0.304. The summed E-state index contributed by atoms with van der Waals surface area (Å²) in [5.74, 6) is 3.14. The van der Waals surface area contributed by atoms with Gasteiger partial charge in [-0.1, -0.05) is 60.7 Å². The molecule has 0 saturated heterocycles. The Bertz CT molecular complexity index is 2230. The largest absolute Gasteiger partial charge is 0.497 e. The van der Waals surface area contributed by atoms with Crippen LogP contribution in [0.5, 0.6) is 34.5 Å². The fourth-order valence-electron chi connectivity index (χ4n) is 8.08. The van der Waals surface area contributed by atoms with Crippen molar-refractivity contribution >= 4 is 21.5 Å². The van der Waals surface area contributed by atoms with E-state index in [9.17, 15) is 10.2 Å². The molecule has 0 unspecified atom stereocenters. The van der Waals surface area contributed by atoms with E-state index in [0.29, 0.717) is 89.4 Å². The third-order valence-electron chi connectivity index (χ3n) is 11.0. The summed E-state index contributed by atoms with van der Waals surface area (Å²) >= 11 is 0. The molecule has 10 heteroatoms. The lowest BCUT2D eigenvalue weighted by Crippen LogP contribution is -2.29. The molecule has 10 nitrogen and oxygen atoms in total. The molecule has 0 aromatic heterocycles. The number of benzene rings is 6. The van der Waals surface area contributed by atoms with E-state index in [1.54, 1.807) is 28.4 Å². The number of hydrogen-bond donors (Lipinski definition) is 2. The molecule has 0 fully saturated rings. The lowest BCUT2D eigenvalue weighted by Gasteiger charge is -2.37. The number of aliphatic hydroxyl groups excluding tert-OH is 2. The van der Waals surface area contributed by atoms with Gasteiger partial charge in [0.15, 0.2) is 0 Å². The Morgan fingerprint density at radius 3 is 1.30 bits per heavy atom. The zero-order chi connectivity index (χ0) is 39.1. The molecule has 2 aliphatic heterocycles. The highest BCUT2D eigenvalue weighted by molar-refractivity contribution is 6.15. The number of methoxy groups -OCH3 is 4. The first kappa shape index (κ1) is 37.4. The van der Waals surface area contributed by atoms with Crippen molar-refractivity contribution in [1.82, 2.24) is 0 Å². The summed E-state index contributed by atoms with van der Waals surface area (Å²) in [6.07, 6.45) is -3.31. The molecule has 0 saturated carbocycles. The number of rotatable bonds is 11. The second-order valence-electron chi connectivity index (χ2n) is 14.2. The minimum absolute atomic E-state index is 0.156. The SMILES string of the molecule is COc1cc(OC)c2c(OCc3ccccc3)c3c(c(-c4c5c(c(OCc6ccccc6)c6c(OC)cc(OC)cc46)CO[C@@H](C)[C@H]5O)c2c1)[C@H](O)[C@H](C)OC3. The van der Waals surface area contributed by atoms with E-state index in [1.165, 1.54) is 0 Å². The van der Waals surface area contributed by atoms with Gasteiger partial charge < -0.3 is 48.1 Å². The van der Waals surface area contributed by atoms with Gasteiger partial charge in [0.1, 0.15) is 59.9 Å². The molecule has 0 radical (unpaired) electrons. The summed E-state index contributed by atoms with van der Waals surface area (Å²) in [6.45, 7) is 4.53. The summed E-state index contributed by atoms with van der Waals surface area (Å²) in [5, 5.41) is 27.4. The maximum atomic E-state index is 12.4. The van der Waals surface area contributed by atoms with E-state index >= 15 is 0 Å². The minimum Gasteiger partial charge on any atom is -0.497 e. The van der Waals surface area contributed by atoms with Crippen molar-refractivity contribution in [3.8, 4) is 45.6 Å². The summed E-state index contributed by atoms with van der Waals surface area (Å²) < 4.78 is 50.0. The van der Waals surface area contributed by atoms with Crippen molar-refractivity contribution in [1.29, 1.82) is 0 Å². The molecular formula is C46H46O10. The van der Waals surface area contributed by atoms with Crippen LogP contribution in [0.2, 0.25) is 0 Å². The smallest absolute Gasteiger partial charge is 0.137 e. The van der Waals surface area contributed by atoms with Gasteiger partial charge in [0.05, 0.1) is 64.6 Å². The van der Waals surface area contributed by atoms with Crippen LogP contribution in [0.15, 0.2) is 84.9 Å². The lowest BCUT2D eigenvalue weighted by atomic mass is 9.77. The Morgan fingerprint density at radius 2 is 0.946 bits per heavy atom. The lowest BCUT2D eigenvalue weighted by molar-refractivity contribution is -0.0539. The van der Waals surface area contributed by atoms with Crippen molar-refractivity contribution in [2.75, 3.05) is 28.4 Å². The van der Waals surface area contributed by atoms with E-state index in [0.717, 1.165) is 11.1 Å². The fourth-order valence-corrected chi connectivity index (χ4v) is 8.08. The third-order valence-corrected chi connectivity index (χ3v) is 11.0. The molecule has 2 aliphatic rings. The summed E-state index contributed by atoms with van der Waals surface area (Å²) in [7, 11) is 6.42. The van der Waals surface area contributed by atoms with Crippen molar-refractivity contribution in [2.45, 2.75) is 64.7 Å². The van der Waals surface area contributed by atoms with Crippen LogP contribution in [0.25, 0.3) is 32.7 Å². The highest BCUT2D eigenvalue weighted by Gasteiger charge is 2.40. The van der Waals surface area contributed by atoms with Crippen molar-refractivity contribution in [2.24, 2.45) is 0 Å². The molecular weight excluding hydrogens is 712 g/mol. The molecule has 0 bridgehead atoms. The minimum atomic E-state index is -1.09. The molecule has 0 amide bonds. The maximum absolute atomic E-state index is 12.4. The summed E-state index contributed by atoms with van der Waals surface area (Å²) in [5.41, 5.74) is 5.86.